The summed E-state index contributed by atoms with van der Waals surface area (Å²) in [5.41, 5.74) is 6.11. The second kappa shape index (κ2) is 5.50. The average Bonchev–Trinajstić information content (AvgIpc) is 2.35. The molecule has 0 bridgehead atoms. The molecular weight excluding hydrogens is 239 g/mol. The summed E-state index contributed by atoms with van der Waals surface area (Å²) in [6, 6.07) is 4.53. The van der Waals surface area contributed by atoms with Gasteiger partial charge in [0.15, 0.2) is 0 Å². The minimum Gasteiger partial charge on any atom is -0.387 e. The number of amidine groups is 1. The predicted octanol–water partition coefficient (Wildman–Crippen LogP) is 4.05. The molecule has 1 aliphatic carbocycles. The van der Waals surface area contributed by atoms with Crippen LogP contribution in [-0.2, 0) is 0 Å². The van der Waals surface area contributed by atoms with Gasteiger partial charge in [0.25, 0.3) is 0 Å². The third kappa shape index (κ3) is 2.97. The van der Waals surface area contributed by atoms with Crippen molar-refractivity contribution in [3.05, 3.63) is 29.0 Å². The number of aliphatic imine (C=N–C) groups is 1. The molecule has 0 saturated heterocycles. The van der Waals surface area contributed by atoms with Crippen LogP contribution in [0.2, 0.25) is 5.02 Å². The van der Waals surface area contributed by atoms with Crippen LogP contribution in [-0.4, -0.2) is 5.84 Å². The summed E-state index contributed by atoms with van der Waals surface area (Å²) in [5, 5.41) is 0.309. The van der Waals surface area contributed by atoms with Crippen LogP contribution in [0, 0.1) is 11.7 Å². The first-order chi connectivity index (χ1) is 8.18. The fourth-order valence-electron chi connectivity index (χ4n) is 2.21. The van der Waals surface area contributed by atoms with E-state index in [2.05, 4.69) is 4.99 Å². The van der Waals surface area contributed by atoms with Gasteiger partial charge >= 0.3 is 0 Å². The number of para-hydroxylation sites is 1. The van der Waals surface area contributed by atoms with Crippen LogP contribution in [0.3, 0.4) is 0 Å². The quantitative estimate of drug-likeness (QED) is 0.628. The third-order valence-corrected chi connectivity index (χ3v) is 3.51. The highest BCUT2D eigenvalue weighted by Crippen LogP contribution is 2.30. The molecule has 1 saturated carbocycles. The van der Waals surface area contributed by atoms with Gasteiger partial charge < -0.3 is 5.73 Å². The number of halogens is 2. The molecule has 4 heteroatoms. The number of hydrogen-bond acceptors (Lipinski definition) is 1. The van der Waals surface area contributed by atoms with E-state index in [0.29, 0.717) is 10.9 Å². The summed E-state index contributed by atoms with van der Waals surface area (Å²) in [6.45, 7) is 0. The topological polar surface area (TPSA) is 38.4 Å². The summed E-state index contributed by atoms with van der Waals surface area (Å²) in [6.07, 6.45) is 5.69. The molecule has 0 atom stereocenters. The Morgan fingerprint density at radius 3 is 2.65 bits per heavy atom. The molecule has 0 amide bonds. The molecule has 1 aliphatic rings. The third-order valence-electron chi connectivity index (χ3n) is 3.20. The lowest BCUT2D eigenvalue weighted by atomic mass is 9.88. The van der Waals surface area contributed by atoms with Gasteiger partial charge in [-0.2, -0.15) is 0 Å². The standard InChI is InChI=1S/C13H16ClFN2/c14-10-7-4-8-11(15)12(10)17-13(16)9-5-2-1-3-6-9/h4,7-9H,1-3,5-6H2,(H2,16,17). The summed E-state index contributed by atoms with van der Waals surface area (Å²) in [5.74, 6) is 0.368. The largest absolute Gasteiger partial charge is 0.387 e. The second-order valence-corrected chi connectivity index (χ2v) is 4.85. The number of nitrogens with zero attached hydrogens (tertiary/aromatic N) is 1. The number of rotatable bonds is 2. The van der Waals surface area contributed by atoms with Crippen LogP contribution in [0.15, 0.2) is 23.2 Å². The van der Waals surface area contributed by atoms with Crippen LogP contribution in [0.5, 0.6) is 0 Å². The highest BCUT2D eigenvalue weighted by Gasteiger charge is 2.18. The number of hydrogen-bond donors (Lipinski definition) is 1. The van der Waals surface area contributed by atoms with Crippen molar-refractivity contribution in [3.8, 4) is 0 Å². The molecule has 1 aromatic carbocycles. The molecule has 0 aliphatic heterocycles. The van der Waals surface area contributed by atoms with Gasteiger partial charge in [0, 0.05) is 5.92 Å². The van der Waals surface area contributed by atoms with Gasteiger partial charge in [-0.3, -0.25) is 0 Å². The summed E-state index contributed by atoms with van der Waals surface area (Å²) >= 11 is 5.91. The molecule has 2 nitrogen and oxygen atoms in total. The SMILES string of the molecule is NC(=Nc1c(F)cccc1Cl)C1CCCCC1. The fraction of sp³-hybridized carbons (Fsp3) is 0.462. The van der Waals surface area contributed by atoms with E-state index in [4.69, 9.17) is 17.3 Å². The Morgan fingerprint density at radius 2 is 2.00 bits per heavy atom. The minimum atomic E-state index is -0.420. The van der Waals surface area contributed by atoms with Gasteiger partial charge in [-0.1, -0.05) is 36.9 Å². The van der Waals surface area contributed by atoms with Crippen molar-refractivity contribution in [2.75, 3.05) is 0 Å². The molecule has 2 rings (SSSR count). The first-order valence-electron chi connectivity index (χ1n) is 5.96. The van der Waals surface area contributed by atoms with E-state index in [9.17, 15) is 4.39 Å². The zero-order valence-electron chi connectivity index (χ0n) is 9.63. The van der Waals surface area contributed by atoms with Crippen molar-refractivity contribution in [3.63, 3.8) is 0 Å². The summed E-state index contributed by atoms with van der Waals surface area (Å²) in [4.78, 5) is 4.17. The maximum Gasteiger partial charge on any atom is 0.150 e. The van der Waals surface area contributed by atoms with Crippen LogP contribution in [0.4, 0.5) is 10.1 Å². The van der Waals surface area contributed by atoms with E-state index in [0.717, 1.165) is 12.8 Å². The Hall–Kier alpha value is -1.09. The van der Waals surface area contributed by atoms with Gasteiger partial charge in [0.2, 0.25) is 0 Å². The van der Waals surface area contributed by atoms with E-state index >= 15 is 0 Å². The fourth-order valence-corrected chi connectivity index (χ4v) is 2.42. The van der Waals surface area contributed by atoms with Crippen molar-refractivity contribution in [2.45, 2.75) is 32.1 Å². The second-order valence-electron chi connectivity index (χ2n) is 4.44. The molecule has 1 aromatic rings. The van der Waals surface area contributed by atoms with Crippen molar-refractivity contribution < 1.29 is 4.39 Å². The van der Waals surface area contributed by atoms with Crippen LogP contribution in [0.1, 0.15) is 32.1 Å². The molecule has 92 valence electrons. The number of benzene rings is 1. The van der Waals surface area contributed by atoms with Crippen molar-refractivity contribution in [1.29, 1.82) is 0 Å². The highest BCUT2D eigenvalue weighted by molar-refractivity contribution is 6.33. The van der Waals surface area contributed by atoms with Gasteiger partial charge in [-0.15, -0.1) is 0 Å². The van der Waals surface area contributed by atoms with E-state index in [1.165, 1.54) is 25.3 Å². The highest BCUT2D eigenvalue weighted by atomic mass is 35.5. The van der Waals surface area contributed by atoms with Crippen molar-refractivity contribution >= 4 is 23.1 Å². The monoisotopic (exact) mass is 254 g/mol. The Balaban J connectivity index is 2.22. The Labute approximate surface area is 106 Å². The molecule has 0 heterocycles. The van der Waals surface area contributed by atoms with Crippen molar-refractivity contribution in [2.24, 2.45) is 16.6 Å². The molecule has 0 aromatic heterocycles. The van der Waals surface area contributed by atoms with Gasteiger partial charge in [0.1, 0.15) is 17.3 Å². The molecule has 0 spiro atoms. The van der Waals surface area contributed by atoms with E-state index < -0.39 is 5.82 Å². The Morgan fingerprint density at radius 1 is 1.29 bits per heavy atom. The van der Waals surface area contributed by atoms with Gasteiger partial charge in [0.05, 0.1) is 5.02 Å². The smallest absolute Gasteiger partial charge is 0.150 e. The lowest BCUT2D eigenvalue weighted by molar-refractivity contribution is 0.437. The molecule has 1 fully saturated rings. The molecule has 17 heavy (non-hydrogen) atoms. The summed E-state index contributed by atoms with van der Waals surface area (Å²) < 4.78 is 13.5. The molecule has 0 radical (unpaired) electrons. The number of nitrogens with two attached hydrogens (primary N) is 1. The first-order valence-corrected chi connectivity index (χ1v) is 6.34. The van der Waals surface area contributed by atoms with Crippen molar-refractivity contribution in [1.82, 2.24) is 0 Å². The lowest BCUT2D eigenvalue weighted by Gasteiger charge is -2.20. The predicted molar refractivity (Wildman–Crippen MR) is 69.3 cm³/mol. The van der Waals surface area contributed by atoms with Crippen LogP contribution in [0.25, 0.3) is 0 Å². The average molecular weight is 255 g/mol. The normalized spacial score (nSPS) is 18.4. The maximum atomic E-state index is 13.5. The van der Waals surface area contributed by atoms with Crippen LogP contribution >= 0.6 is 11.6 Å². The zero-order chi connectivity index (χ0) is 12.3. The van der Waals surface area contributed by atoms with Gasteiger partial charge in [-0.05, 0) is 25.0 Å². The van der Waals surface area contributed by atoms with E-state index in [1.807, 2.05) is 0 Å². The van der Waals surface area contributed by atoms with E-state index in [-0.39, 0.29) is 11.6 Å². The van der Waals surface area contributed by atoms with Gasteiger partial charge in [-0.25, -0.2) is 9.38 Å². The van der Waals surface area contributed by atoms with E-state index in [1.54, 1.807) is 12.1 Å². The van der Waals surface area contributed by atoms with Crippen LogP contribution < -0.4 is 5.73 Å². The first kappa shape index (κ1) is 12.4. The molecule has 2 N–H and O–H groups in total. The minimum absolute atomic E-state index is 0.164. The zero-order valence-corrected chi connectivity index (χ0v) is 10.4. The maximum absolute atomic E-state index is 13.5. The molecular formula is C13H16ClFN2. The lowest BCUT2D eigenvalue weighted by Crippen LogP contribution is -2.25. The summed E-state index contributed by atoms with van der Waals surface area (Å²) in [7, 11) is 0. The Bertz CT molecular complexity index is 405. The molecule has 0 unspecified atom stereocenters. The Kier molecular flexibility index (Phi) is 4.00.